The summed E-state index contributed by atoms with van der Waals surface area (Å²) in [5.74, 6) is -1.72. The third-order valence-electron chi connectivity index (χ3n) is 3.54. The lowest BCUT2D eigenvalue weighted by molar-refractivity contribution is -0.135. The minimum absolute atomic E-state index is 0.135. The van der Waals surface area contributed by atoms with E-state index in [0.29, 0.717) is 12.5 Å². The quantitative estimate of drug-likeness (QED) is 0.924. The minimum Gasteiger partial charge on any atom is -0.484 e. The van der Waals surface area contributed by atoms with Crippen molar-refractivity contribution in [2.75, 3.05) is 19.7 Å². The van der Waals surface area contributed by atoms with E-state index in [-0.39, 0.29) is 18.3 Å². The van der Waals surface area contributed by atoms with Crippen LogP contribution in [0.5, 0.6) is 5.75 Å². The first-order valence-corrected chi connectivity index (χ1v) is 6.91. The van der Waals surface area contributed by atoms with Gasteiger partial charge in [0.15, 0.2) is 6.61 Å². The molecule has 1 amide bonds. The van der Waals surface area contributed by atoms with Crippen LogP contribution in [-0.2, 0) is 4.79 Å². The standard InChI is InChI=1S/C15H18FNO4/c1-10-3-2-6-17(8-10)14(18)9-21-11-4-5-12(15(19)20)13(16)7-11/h4-5,7,10H,2-3,6,8-9H2,1H3,(H,19,20). The summed E-state index contributed by atoms with van der Waals surface area (Å²) >= 11 is 0. The first kappa shape index (κ1) is 15.3. The maximum atomic E-state index is 13.5. The monoisotopic (exact) mass is 295 g/mol. The molecule has 21 heavy (non-hydrogen) atoms. The third-order valence-corrected chi connectivity index (χ3v) is 3.54. The predicted octanol–water partition coefficient (Wildman–Crippen LogP) is 2.16. The Morgan fingerprint density at radius 2 is 2.24 bits per heavy atom. The minimum atomic E-state index is -1.34. The molecule has 1 saturated heterocycles. The van der Waals surface area contributed by atoms with Gasteiger partial charge in [-0.25, -0.2) is 9.18 Å². The van der Waals surface area contributed by atoms with Gasteiger partial charge in [-0.3, -0.25) is 4.79 Å². The van der Waals surface area contributed by atoms with Crippen molar-refractivity contribution in [1.82, 2.24) is 4.90 Å². The number of nitrogens with zero attached hydrogens (tertiary/aromatic N) is 1. The van der Waals surface area contributed by atoms with Crippen molar-refractivity contribution >= 4 is 11.9 Å². The molecule has 1 aliphatic heterocycles. The maximum absolute atomic E-state index is 13.5. The molecule has 0 bridgehead atoms. The van der Waals surface area contributed by atoms with Crippen molar-refractivity contribution in [3.05, 3.63) is 29.6 Å². The molecule has 1 heterocycles. The maximum Gasteiger partial charge on any atom is 0.338 e. The van der Waals surface area contributed by atoms with Crippen LogP contribution >= 0.6 is 0 Å². The molecule has 0 radical (unpaired) electrons. The molecule has 1 aliphatic rings. The van der Waals surface area contributed by atoms with Gasteiger partial charge in [-0.15, -0.1) is 0 Å². The predicted molar refractivity (Wildman–Crippen MR) is 73.8 cm³/mol. The number of benzene rings is 1. The van der Waals surface area contributed by atoms with E-state index >= 15 is 0 Å². The zero-order valence-corrected chi connectivity index (χ0v) is 11.8. The molecule has 1 unspecified atom stereocenters. The van der Waals surface area contributed by atoms with Crippen molar-refractivity contribution in [3.63, 3.8) is 0 Å². The number of likely N-dealkylation sites (tertiary alicyclic amines) is 1. The van der Waals surface area contributed by atoms with E-state index in [9.17, 15) is 14.0 Å². The smallest absolute Gasteiger partial charge is 0.338 e. The van der Waals surface area contributed by atoms with E-state index in [1.165, 1.54) is 6.07 Å². The highest BCUT2D eigenvalue weighted by Gasteiger charge is 2.21. The van der Waals surface area contributed by atoms with Crippen LogP contribution < -0.4 is 4.74 Å². The average Bonchev–Trinajstić information content (AvgIpc) is 2.44. The second-order valence-corrected chi connectivity index (χ2v) is 5.32. The van der Waals surface area contributed by atoms with Crippen molar-refractivity contribution in [3.8, 4) is 5.75 Å². The molecule has 0 spiro atoms. The Hall–Kier alpha value is -2.11. The summed E-state index contributed by atoms with van der Waals surface area (Å²) in [6, 6.07) is 3.45. The molecule has 0 saturated carbocycles. The Balaban J connectivity index is 1.92. The van der Waals surface area contributed by atoms with Crippen molar-refractivity contribution in [2.45, 2.75) is 19.8 Å². The average molecular weight is 295 g/mol. The van der Waals surface area contributed by atoms with Crippen LogP contribution in [0.1, 0.15) is 30.1 Å². The second-order valence-electron chi connectivity index (χ2n) is 5.32. The zero-order chi connectivity index (χ0) is 15.4. The molecule has 0 aromatic heterocycles. The summed E-state index contributed by atoms with van der Waals surface area (Å²) in [6.45, 7) is 3.37. The van der Waals surface area contributed by atoms with Gasteiger partial charge in [0.25, 0.3) is 5.91 Å². The van der Waals surface area contributed by atoms with Crippen LogP contribution in [0.15, 0.2) is 18.2 Å². The topological polar surface area (TPSA) is 66.8 Å². The van der Waals surface area contributed by atoms with Crippen LogP contribution in [0.25, 0.3) is 0 Å². The lowest BCUT2D eigenvalue weighted by Crippen LogP contribution is -2.41. The van der Waals surface area contributed by atoms with E-state index in [1.807, 2.05) is 0 Å². The number of rotatable bonds is 4. The van der Waals surface area contributed by atoms with Gasteiger partial charge in [0, 0.05) is 19.2 Å². The molecule has 1 aromatic rings. The molecule has 1 aromatic carbocycles. The molecular formula is C15H18FNO4. The Morgan fingerprint density at radius 3 is 2.86 bits per heavy atom. The Labute approximate surface area is 122 Å². The molecule has 2 rings (SSSR count). The van der Waals surface area contributed by atoms with E-state index < -0.39 is 17.3 Å². The summed E-state index contributed by atoms with van der Waals surface area (Å²) in [7, 11) is 0. The first-order chi connectivity index (χ1) is 9.97. The third kappa shape index (κ3) is 3.93. The normalized spacial score (nSPS) is 18.4. The van der Waals surface area contributed by atoms with Crippen LogP contribution in [0, 0.1) is 11.7 Å². The number of amides is 1. The summed E-state index contributed by atoms with van der Waals surface area (Å²) in [4.78, 5) is 24.4. The summed E-state index contributed by atoms with van der Waals surface area (Å²) < 4.78 is 18.7. The number of carboxylic acids is 1. The van der Waals surface area contributed by atoms with E-state index in [4.69, 9.17) is 9.84 Å². The summed E-state index contributed by atoms with van der Waals surface area (Å²) in [5.41, 5.74) is -0.418. The summed E-state index contributed by atoms with van der Waals surface area (Å²) in [6.07, 6.45) is 2.10. The van der Waals surface area contributed by atoms with Crippen molar-refractivity contribution in [1.29, 1.82) is 0 Å². The summed E-state index contributed by atoms with van der Waals surface area (Å²) in [5, 5.41) is 8.73. The lowest BCUT2D eigenvalue weighted by atomic mass is 10.0. The number of piperidine rings is 1. The van der Waals surface area contributed by atoms with Crippen molar-refractivity contribution < 1.29 is 23.8 Å². The van der Waals surface area contributed by atoms with Gasteiger partial charge >= 0.3 is 5.97 Å². The number of halogens is 1. The van der Waals surface area contributed by atoms with Crippen LogP contribution in [-0.4, -0.2) is 41.6 Å². The molecule has 6 heteroatoms. The van der Waals surface area contributed by atoms with Gasteiger partial charge in [-0.05, 0) is 30.9 Å². The first-order valence-electron chi connectivity index (χ1n) is 6.91. The van der Waals surface area contributed by atoms with Gasteiger partial charge in [0.2, 0.25) is 0 Å². The highest BCUT2D eigenvalue weighted by atomic mass is 19.1. The van der Waals surface area contributed by atoms with Gasteiger partial charge < -0.3 is 14.7 Å². The highest BCUT2D eigenvalue weighted by Crippen LogP contribution is 2.18. The molecule has 1 atom stereocenters. The lowest BCUT2D eigenvalue weighted by Gasteiger charge is -2.30. The second kappa shape index (κ2) is 6.56. The molecule has 114 valence electrons. The fraction of sp³-hybridized carbons (Fsp3) is 0.467. The molecule has 0 aliphatic carbocycles. The van der Waals surface area contributed by atoms with E-state index in [0.717, 1.165) is 31.5 Å². The fourth-order valence-electron chi connectivity index (χ4n) is 2.41. The number of carbonyl (C=O) groups is 2. The van der Waals surface area contributed by atoms with E-state index in [1.54, 1.807) is 4.90 Å². The Bertz CT molecular complexity index is 546. The Morgan fingerprint density at radius 1 is 1.48 bits per heavy atom. The molecular weight excluding hydrogens is 277 g/mol. The van der Waals surface area contributed by atoms with Crippen molar-refractivity contribution in [2.24, 2.45) is 5.92 Å². The SMILES string of the molecule is CC1CCCN(C(=O)COc2ccc(C(=O)O)c(F)c2)C1. The van der Waals surface area contributed by atoms with Gasteiger partial charge in [-0.1, -0.05) is 6.92 Å². The molecule has 1 N–H and O–H groups in total. The Kier molecular flexibility index (Phi) is 4.77. The zero-order valence-electron chi connectivity index (χ0n) is 11.8. The van der Waals surface area contributed by atoms with Crippen LogP contribution in [0.4, 0.5) is 4.39 Å². The number of carboxylic acid groups (broad SMARTS) is 1. The molecule has 5 nitrogen and oxygen atoms in total. The van der Waals surface area contributed by atoms with Gasteiger partial charge in [0.05, 0.1) is 5.56 Å². The number of aromatic carboxylic acids is 1. The molecule has 1 fully saturated rings. The highest BCUT2D eigenvalue weighted by molar-refractivity contribution is 5.88. The number of ether oxygens (including phenoxy) is 1. The van der Waals surface area contributed by atoms with Gasteiger partial charge in [0.1, 0.15) is 11.6 Å². The van der Waals surface area contributed by atoms with Crippen LogP contribution in [0.3, 0.4) is 0 Å². The fourth-order valence-corrected chi connectivity index (χ4v) is 2.41. The number of carbonyl (C=O) groups excluding carboxylic acids is 1. The number of hydrogen-bond donors (Lipinski definition) is 1. The number of hydrogen-bond acceptors (Lipinski definition) is 3. The van der Waals surface area contributed by atoms with Gasteiger partial charge in [-0.2, -0.15) is 0 Å². The largest absolute Gasteiger partial charge is 0.484 e. The van der Waals surface area contributed by atoms with Crippen LogP contribution in [0.2, 0.25) is 0 Å². The van der Waals surface area contributed by atoms with E-state index in [2.05, 4.69) is 6.92 Å².